The molecule has 1 aromatic heterocycles. The maximum absolute atomic E-state index is 10.3. The van der Waals surface area contributed by atoms with E-state index in [4.69, 9.17) is 4.74 Å². The van der Waals surface area contributed by atoms with Crippen LogP contribution in [0.2, 0.25) is 0 Å². The van der Waals surface area contributed by atoms with Crippen LogP contribution in [-0.4, -0.2) is 28.4 Å². The molecule has 0 fully saturated rings. The van der Waals surface area contributed by atoms with Crippen LogP contribution < -0.4 is 5.06 Å². The molecule has 1 aliphatic rings. The Morgan fingerprint density at radius 3 is 2.89 bits per heavy atom. The first-order valence-electron chi connectivity index (χ1n) is 6.32. The number of hydrogen-bond donors (Lipinski definition) is 1. The molecule has 1 aliphatic carbocycles. The van der Waals surface area contributed by atoms with Crippen LogP contribution >= 0.6 is 0 Å². The Balaban J connectivity index is 2.11. The van der Waals surface area contributed by atoms with Crippen LogP contribution in [0.25, 0.3) is 0 Å². The van der Waals surface area contributed by atoms with Gasteiger partial charge in [0.25, 0.3) is 0 Å². The fraction of sp³-hybridized carbons (Fsp3) is 0.500. The number of ether oxygens (including phenoxy) is 1. The number of hydrogen-bond acceptors (Lipinski definition) is 4. The number of pyridine rings is 1. The van der Waals surface area contributed by atoms with Gasteiger partial charge in [-0.1, -0.05) is 18.2 Å². The number of rotatable bonds is 4. The summed E-state index contributed by atoms with van der Waals surface area (Å²) in [6.07, 6.45) is 4.86. The van der Waals surface area contributed by atoms with E-state index in [1.807, 2.05) is 45.1 Å². The highest BCUT2D eigenvalue weighted by molar-refractivity contribution is 5.38. The van der Waals surface area contributed by atoms with Crippen molar-refractivity contribution in [3.8, 4) is 0 Å². The molecule has 0 radical (unpaired) electrons. The molecule has 0 aliphatic heterocycles. The Morgan fingerprint density at radius 2 is 2.22 bits per heavy atom. The summed E-state index contributed by atoms with van der Waals surface area (Å²) in [6.45, 7) is 5.90. The topological polar surface area (TPSA) is 45.6 Å². The van der Waals surface area contributed by atoms with Gasteiger partial charge in [-0.25, -0.2) is 10.0 Å². The highest BCUT2D eigenvalue weighted by atomic mass is 16.5. The van der Waals surface area contributed by atoms with E-state index in [1.54, 1.807) is 6.07 Å². The second-order valence-corrected chi connectivity index (χ2v) is 4.86. The fourth-order valence-electron chi connectivity index (χ4n) is 2.13. The van der Waals surface area contributed by atoms with E-state index in [2.05, 4.69) is 4.98 Å². The zero-order valence-corrected chi connectivity index (χ0v) is 11.1. The zero-order valence-electron chi connectivity index (χ0n) is 11.1. The van der Waals surface area contributed by atoms with Crippen LogP contribution in [0.1, 0.15) is 26.0 Å². The van der Waals surface area contributed by atoms with E-state index in [1.165, 1.54) is 5.06 Å². The quantitative estimate of drug-likeness (QED) is 0.657. The summed E-state index contributed by atoms with van der Waals surface area (Å²) >= 11 is 0. The summed E-state index contributed by atoms with van der Waals surface area (Å²) in [4.78, 5) is 4.32. The fourth-order valence-corrected chi connectivity index (χ4v) is 2.13. The summed E-state index contributed by atoms with van der Waals surface area (Å²) in [5, 5.41) is 11.5. The van der Waals surface area contributed by atoms with Gasteiger partial charge in [0, 0.05) is 5.69 Å². The number of nitrogens with zero attached hydrogens (tertiary/aromatic N) is 2. The molecule has 0 aromatic carbocycles. The van der Waals surface area contributed by atoms with Gasteiger partial charge in [-0.2, -0.15) is 0 Å². The van der Waals surface area contributed by atoms with Crippen LogP contribution in [-0.2, 0) is 4.74 Å². The lowest BCUT2D eigenvalue weighted by atomic mass is 10.2. The summed E-state index contributed by atoms with van der Waals surface area (Å²) in [5.41, 5.74) is 0.888. The Morgan fingerprint density at radius 1 is 1.44 bits per heavy atom. The third-order valence-corrected chi connectivity index (χ3v) is 2.93. The minimum atomic E-state index is -0.0956. The highest BCUT2D eigenvalue weighted by Crippen LogP contribution is 2.24. The van der Waals surface area contributed by atoms with Crippen molar-refractivity contribution in [1.82, 2.24) is 4.98 Å². The standard InChI is InChI=1S/C14H20N2O2/c1-10(2)18-13-8-5-7-12(13)16(17)14-9-4-6-11(3)15-14/h4-6,8-10,12-13,17H,7H2,1-3H3/t12-,13-/m1/s1. The predicted octanol–water partition coefficient (Wildman–Crippen LogP) is 2.71. The monoisotopic (exact) mass is 248 g/mol. The Bertz CT molecular complexity index is 432. The van der Waals surface area contributed by atoms with Crippen LogP contribution in [0.15, 0.2) is 30.4 Å². The lowest BCUT2D eigenvalue weighted by Crippen LogP contribution is -2.41. The third-order valence-electron chi connectivity index (χ3n) is 2.93. The molecule has 0 bridgehead atoms. The van der Waals surface area contributed by atoms with Crippen molar-refractivity contribution in [3.05, 3.63) is 36.0 Å². The van der Waals surface area contributed by atoms with Crippen molar-refractivity contribution >= 4 is 5.82 Å². The Hall–Kier alpha value is -1.39. The normalized spacial score (nSPS) is 22.7. The van der Waals surface area contributed by atoms with Crippen LogP contribution in [0, 0.1) is 6.92 Å². The van der Waals surface area contributed by atoms with Gasteiger partial charge in [-0.05, 0) is 39.3 Å². The predicted molar refractivity (Wildman–Crippen MR) is 70.8 cm³/mol. The van der Waals surface area contributed by atoms with Gasteiger partial charge in [0.15, 0.2) is 5.82 Å². The van der Waals surface area contributed by atoms with E-state index in [0.717, 1.165) is 12.1 Å². The molecule has 1 aromatic rings. The molecular formula is C14H20N2O2. The zero-order chi connectivity index (χ0) is 13.1. The molecule has 1 heterocycles. The van der Waals surface area contributed by atoms with Crippen molar-refractivity contribution in [3.63, 3.8) is 0 Å². The molecule has 98 valence electrons. The summed E-state index contributed by atoms with van der Waals surface area (Å²) < 4.78 is 5.78. The van der Waals surface area contributed by atoms with E-state index in [9.17, 15) is 5.21 Å². The number of aromatic nitrogens is 1. The van der Waals surface area contributed by atoms with Crippen molar-refractivity contribution in [2.75, 3.05) is 5.06 Å². The van der Waals surface area contributed by atoms with E-state index in [0.29, 0.717) is 5.82 Å². The van der Waals surface area contributed by atoms with E-state index < -0.39 is 0 Å². The van der Waals surface area contributed by atoms with Gasteiger partial charge < -0.3 is 4.74 Å². The molecule has 2 rings (SSSR count). The summed E-state index contributed by atoms with van der Waals surface area (Å²) in [6, 6.07) is 5.51. The van der Waals surface area contributed by atoms with Gasteiger partial charge in [0.2, 0.25) is 0 Å². The Kier molecular flexibility index (Phi) is 3.99. The smallest absolute Gasteiger partial charge is 0.152 e. The lowest BCUT2D eigenvalue weighted by Gasteiger charge is -2.29. The largest absolute Gasteiger partial charge is 0.369 e. The molecule has 0 unspecified atom stereocenters. The van der Waals surface area contributed by atoms with Crippen LogP contribution in [0.3, 0.4) is 0 Å². The maximum Gasteiger partial charge on any atom is 0.152 e. The van der Waals surface area contributed by atoms with Crippen molar-refractivity contribution in [1.29, 1.82) is 0 Å². The number of aryl methyl sites for hydroxylation is 1. The minimum Gasteiger partial charge on any atom is -0.369 e. The first kappa shape index (κ1) is 13.1. The van der Waals surface area contributed by atoms with Gasteiger partial charge in [0.05, 0.1) is 18.2 Å². The van der Waals surface area contributed by atoms with Gasteiger partial charge in [-0.15, -0.1) is 0 Å². The van der Waals surface area contributed by atoms with Crippen LogP contribution in [0.4, 0.5) is 5.82 Å². The highest BCUT2D eigenvalue weighted by Gasteiger charge is 2.30. The van der Waals surface area contributed by atoms with E-state index >= 15 is 0 Å². The average molecular weight is 248 g/mol. The SMILES string of the molecule is Cc1cccc(N(O)[C@@H]2CC=C[C@H]2OC(C)C)n1. The third kappa shape index (κ3) is 2.89. The molecule has 0 saturated heterocycles. The van der Waals surface area contributed by atoms with Crippen molar-refractivity contribution in [2.24, 2.45) is 0 Å². The second-order valence-electron chi connectivity index (χ2n) is 4.86. The van der Waals surface area contributed by atoms with Crippen molar-refractivity contribution in [2.45, 2.75) is 45.4 Å². The molecule has 0 saturated carbocycles. The molecule has 18 heavy (non-hydrogen) atoms. The van der Waals surface area contributed by atoms with Crippen LogP contribution in [0.5, 0.6) is 0 Å². The molecule has 0 spiro atoms. The summed E-state index contributed by atoms with van der Waals surface area (Å²) in [7, 11) is 0. The first-order chi connectivity index (χ1) is 8.58. The molecule has 1 N–H and O–H groups in total. The summed E-state index contributed by atoms with van der Waals surface area (Å²) in [5.74, 6) is 0.570. The minimum absolute atomic E-state index is 0.0858. The Labute approximate surface area is 108 Å². The molecule has 4 heteroatoms. The molecular weight excluding hydrogens is 228 g/mol. The van der Waals surface area contributed by atoms with Gasteiger partial charge in [-0.3, -0.25) is 5.21 Å². The second kappa shape index (κ2) is 5.50. The molecule has 4 nitrogen and oxygen atoms in total. The van der Waals surface area contributed by atoms with E-state index in [-0.39, 0.29) is 18.2 Å². The lowest BCUT2D eigenvalue weighted by molar-refractivity contribution is 0.00850. The number of anilines is 1. The number of hydroxylamine groups is 1. The van der Waals surface area contributed by atoms with Gasteiger partial charge in [0.1, 0.15) is 0 Å². The van der Waals surface area contributed by atoms with Gasteiger partial charge >= 0.3 is 0 Å². The average Bonchev–Trinajstić information content (AvgIpc) is 2.75. The van der Waals surface area contributed by atoms with Crippen molar-refractivity contribution < 1.29 is 9.94 Å². The molecule has 0 amide bonds. The molecule has 2 atom stereocenters. The maximum atomic E-state index is 10.3. The first-order valence-corrected chi connectivity index (χ1v) is 6.32.